The Hall–Kier alpha value is -2.80. The molecule has 0 aliphatic carbocycles. The summed E-state index contributed by atoms with van der Waals surface area (Å²) < 4.78 is 7.00. The molecule has 6 nitrogen and oxygen atoms in total. The van der Waals surface area contributed by atoms with Crippen LogP contribution in [0.1, 0.15) is 42.7 Å². The number of carbonyl (C=O) groups is 1. The second kappa shape index (κ2) is 12.9. The molecule has 8 heteroatoms. The highest BCUT2D eigenvalue weighted by atomic mass is 35.5. The molecule has 3 aromatic rings. The van der Waals surface area contributed by atoms with Crippen molar-refractivity contribution in [3.8, 4) is 22.7 Å². The Bertz CT molecular complexity index is 1190. The molecule has 1 heterocycles. The van der Waals surface area contributed by atoms with Crippen LogP contribution in [0.4, 0.5) is 0 Å². The number of nitrogens with one attached hydrogen (secondary N) is 2. The standard InChI is InChI=1S/C28H34Cl2N4O2/c1-6-8-20(7-2)19(4)31-15-16-32-28(35)26-18(3)27(21-9-12-23(36-5)13-10-21)34(33-26)25-14-11-22(29)17-24(25)30/h6,9-14,17,19-20,31H,1,7-8,15-16H2,2-5H3,(H,32,35). The van der Waals surface area contributed by atoms with Gasteiger partial charge in [0.15, 0.2) is 5.69 Å². The van der Waals surface area contributed by atoms with Crippen LogP contribution in [-0.2, 0) is 0 Å². The number of amides is 1. The molecule has 1 amide bonds. The van der Waals surface area contributed by atoms with Crippen molar-refractivity contribution in [2.45, 2.75) is 39.7 Å². The molecule has 2 aromatic carbocycles. The van der Waals surface area contributed by atoms with Gasteiger partial charge in [-0.1, -0.05) is 42.6 Å². The molecular formula is C28H34Cl2N4O2. The number of carbonyl (C=O) groups excluding carboxylic acids is 1. The average Bonchev–Trinajstić information content (AvgIpc) is 3.21. The highest BCUT2D eigenvalue weighted by molar-refractivity contribution is 6.35. The maximum atomic E-state index is 13.2. The minimum Gasteiger partial charge on any atom is -0.497 e. The normalized spacial score (nSPS) is 12.7. The van der Waals surface area contributed by atoms with Crippen molar-refractivity contribution >= 4 is 29.1 Å². The number of allylic oxidation sites excluding steroid dienone is 1. The first-order valence-corrected chi connectivity index (χ1v) is 12.9. The molecule has 2 N–H and O–H groups in total. The fraction of sp³-hybridized carbons (Fsp3) is 0.357. The maximum Gasteiger partial charge on any atom is 0.272 e. The predicted octanol–water partition coefficient (Wildman–Crippen LogP) is 6.47. The third-order valence-corrected chi connectivity index (χ3v) is 6.95. The van der Waals surface area contributed by atoms with Crippen molar-refractivity contribution in [1.29, 1.82) is 0 Å². The first-order chi connectivity index (χ1) is 17.3. The average molecular weight is 530 g/mol. The zero-order valence-electron chi connectivity index (χ0n) is 21.3. The van der Waals surface area contributed by atoms with Gasteiger partial charge in [0.1, 0.15) is 5.75 Å². The molecule has 36 heavy (non-hydrogen) atoms. The van der Waals surface area contributed by atoms with Crippen LogP contribution in [0, 0.1) is 12.8 Å². The van der Waals surface area contributed by atoms with Crippen molar-refractivity contribution in [3.63, 3.8) is 0 Å². The number of rotatable bonds is 12. The largest absolute Gasteiger partial charge is 0.497 e. The number of methoxy groups -OCH3 is 1. The lowest BCUT2D eigenvalue weighted by atomic mass is 9.95. The van der Waals surface area contributed by atoms with Crippen LogP contribution < -0.4 is 15.4 Å². The fourth-order valence-electron chi connectivity index (χ4n) is 4.29. The quantitative estimate of drug-likeness (QED) is 0.208. The van der Waals surface area contributed by atoms with Gasteiger partial charge < -0.3 is 15.4 Å². The van der Waals surface area contributed by atoms with Gasteiger partial charge in [-0.05, 0) is 68.7 Å². The minimum absolute atomic E-state index is 0.237. The second-order valence-electron chi connectivity index (χ2n) is 8.75. The Morgan fingerprint density at radius 3 is 2.53 bits per heavy atom. The van der Waals surface area contributed by atoms with E-state index in [-0.39, 0.29) is 5.91 Å². The fourth-order valence-corrected chi connectivity index (χ4v) is 4.78. The number of ether oxygens (including phenoxy) is 1. The molecule has 2 atom stereocenters. The zero-order valence-corrected chi connectivity index (χ0v) is 22.8. The van der Waals surface area contributed by atoms with Crippen LogP contribution in [0.2, 0.25) is 10.0 Å². The summed E-state index contributed by atoms with van der Waals surface area (Å²) in [6, 6.07) is 13.2. The van der Waals surface area contributed by atoms with Crippen molar-refractivity contribution in [2.75, 3.05) is 20.2 Å². The maximum absolute atomic E-state index is 13.2. The number of hydrogen-bond donors (Lipinski definition) is 2. The molecule has 0 aliphatic heterocycles. The lowest BCUT2D eigenvalue weighted by molar-refractivity contribution is 0.0947. The Kier molecular flexibility index (Phi) is 9.99. The second-order valence-corrected chi connectivity index (χ2v) is 9.59. The SMILES string of the molecule is C=CCC(CC)C(C)NCCNC(=O)c1nn(-c2ccc(Cl)cc2Cl)c(-c2ccc(OC)cc2)c1C. The Morgan fingerprint density at radius 1 is 1.19 bits per heavy atom. The van der Waals surface area contributed by atoms with Crippen LogP contribution in [0.15, 0.2) is 55.1 Å². The molecule has 0 saturated carbocycles. The van der Waals surface area contributed by atoms with Crippen molar-refractivity contribution < 1.29 is 9.53 Å². The highest BCUT2D eigenvalue weighted by Gasteiger charge is 2.23. The smallest absolute Gasteiger partial charge is 0.272 e. The van der Waals surface area contributed by atoms with Gasteiger partial charge in [0, 0.05) is 35.3 Å². The molecule has 0 saturated heterocycles. The van der Waals surface area contributed by atoms with E-state index >= 15 is 0 Å². The topological polar surface area (TPSA) is 68.2 Å². The highest BCUT2D eigenvalue weighted by Crippen LogP contribution is 2.33. The third kappa shape index (κ3) is 6.49. The monoisotopic (exact) mass is 528 g/mol. The molecule has 0 radical (unpaired) electrons. The first-order valence-electron chi connectivity index (χ1n) is 12.1. The van der Waals surface area contributed by atoms with Gasteiger partial charge in [-0.25, -0.2) is 4.68 Å². The summed E-state index contributed by atoms with van der Waals surface area (Å²) in [7, 11) is 1.62. The summed E-state index contributed by atoms with van der Waals surface area (Å²) in [4.78, 5) is 13.2. The zero-order chi connectivity index (χ0) is 26.2. The summed E-state index contributed by atoms with van der Waals surface area (Å²) in [5, 5.41) is 12.1. The van der Waals surface area contributed by atoms with Crippen LogP contribution in [0.25, 0.3) is 16.9 Å². The van der Waals surface area contributed by atoms with E-state index in [0.29, 0.717) is 46.5 Å². The summed E-state index contributed by atoms with van der Waals surface area (Å²) in [5.41, 5.74) is 3.39. The van der Waals surface area contributed by atoms with Crippen molar-refractivity contribution in [2.24, 2.45) is 5.92 Å². The molecular weight excluding hydrogens is 495 g/mol. The minimum atomic E-state index is -0.237. The van der Waals surface area contributed by atoms with E-state index in [1.807, 2.05) is 37.3 Å². The van der Waals surface area contributed by atoms with E-state index in [1.165, 1.54) is 0 Å². The number of hydrogen-bond acceptors (Lipinski definition) is 4. The first kappa shape index (κ1) is 27.8. The summed E-state index contributed by atoms with van der Waals surface area (Å²) in [6.07, 6.45) is 4.00. The van der Waals surface area contributed by atoms with E-state index < -0.39 is 0 Å². The molecule has 1 aromatic heterocycles. The Morgan fingerprint density at radius 2 is 1.92 bits per heavy atom. The Labute approximate surface area is 223 Å². The lowest BCUT2D eigenvalue weighted by Crippen LogP contribution is -2.39. The van der Waals surface area contributed by atoms with E-state index in [0.717, 1.165) is 35.4 Å². The van der Waals surface area contributed by atoms with Crippen molar-refractivity contribution in [1.82, 2.24) is 20.4 Å². The van der Waals surface area contributed by atoms with Crippen LogP contribution in [0.5, 0.6) is 5.75 Å². The lowest BCUT2D eigenvalue weighted by Gasteiger charge is -2.22. The van der Waals surface area contributed by atoms with Gasteiger partial charge in [-0.2, -0.15) is 5.10 Å². The van der Waals surface area contributed by atoms with Gasteiger partial charge in [-0.3, -0.25) is 4.79 Å². The number of aromatic nitrogens is 2. The summed E-state index contributed by atoms with van der Waals surface area (Å²) in [6.45, 7) is 11.2. The van der Waals surface area contributed by atoms with Crippen LogP contribution in [-0.4, -0.2) is 41.9 Å². The van der Waals surface area contributed by atoms with Crippen molar-refractivity contribution in [3.05, 3.63) is 76.4 Å². The van der Waals surface area contributed by atoms with E-state index in [1.54, 1.807) is 30.0 Å². The number of halogens is 2. The van der Waals surface area contributed by atoms with Gasteiger partial charge in [0.05, 0.1) is 23.5 Å². The molecule has 0 aliphatic rings. The van der Waals surface area contributed by atoms with Gasteiger partial charge >= 0.3 is 0 Å². The molecule has 0 fully saturated rings. The van der Waals surface area contributed by atoms with Gasteiger partial charge in [0.25, 0.3) is 5.91 Å². The molecule has 192 valence electrons. The Balaban J connectivity index is 1.85. The van der Waals surface area contributed by atoms with Gasteiger partial charge in [0.2, 0.25) is 0 Å². The number of benzene rings is 2. The predicted molar refractivity (Wildman–Crippen MR) is 149 cm³/mol. The molecule has 2 unspecified atom stereocenters. The summed E-state index contributed by atoms with van der Waals surface area (Å²) in [5.74, 6) is 1.02. The third-order valence-electron chi connectivity index (χ3n) is 6.42. The van der Waals surface area contributed by atoms with Crippen LogP contribution >= 0.6 is 23.2 Å². The molecule has 0 bridgehead atoms. The summed E-state index contributed by atoms with van der Waals surface area (Å²) >= 11 is 12.6. The van der Waals surface area contributed by atoms with E-state index in [4.69, 9.17) is 27.9 Å². The van der Waals surface area contributed by atoms with E-state index in [9.17, 15) is 4.79 Å². The van der Waals surface area contributed by atoms with E-state index in [2.05, 4.69) is 36.2 Å². The molecule has 0 spiro atoms. The van der Waals surface area contributed by atoms with Gasteiger partial charge in [-0.15, -0.1) is 6.58 Å². The molecule has 3 rings (SSSR count). The van der Waals surface area contributed by atoms with Crippen LogP contribution in [0.3, 0.4) is 0 Å². The number of nitrogens with zero attached hydrogens (tertiary/aromatic N) is 2.